The minimum atomic E-state index is -0.282. The maximum atomic E-state index is 9.66. The second-order valence-electron chi connectivity index (χ2n) is 5.41. The standard InChI is InChI=1S/C16H19BrO2/c1-11(2)5-4-7-16(3)8-6-12-9-14(18)13(17)10-15(12)19-16/h5-6,8-10,18H,4,7H2,1-3H3. The molecule has 2 nitrogen and oxygen atoms in total. The molecule has 0 aromatic heterocycles. The second kappa shape index (κ2) is 5.41. The van der Waals surface area contributed by atoms with Crippen LogP contribution in [0.3, 0.4) is 0 Å². The number of hydrogen-bond donors (Lipinski definition) is 1. The molecule has 1 aromatic carbocycles. The van der Waals surface area contributed by atoms with E-state index in [9.17, 15) is 5.11 Å². The van der Waals surface area contributed by atoms with Crippen LogP contribution in [0.4, 0.5) is 0 Å². The predicted molar refractivity (Wildman–Crippen MR) is 82.5 cm³/mol. The summed E-state index contributed by atoms with van der Waals surface area (Å²) in [6, 6.07) is 3.54. The smallest absolute Gasteiger partial charge is 0.130 e. The van der Waals surface area contributed by atoms with Gasteiger partial charge in [-0.05, 0) is 67.8 Å². The summed E-state index contributed by atoms with van der Waals surface area (Å²) in [6.45, 7) is 6.30. The van der Waals surface area contributed by atoms with Crippen LogP contribution in [-0.2, 0) is 0 Å². The van der Waals surface area contributed by atoms with Gasteiger partial charge >= 0.3 is 0 Å². The molecule has 0 saturated heterocycles. The van der Waals surface area contributed by atoms with E-state index in [0.717, 1.165) is 24.2 Å². The Kier molecular flexibility index (Phi) is 4.04. The molecule has 0 radical (unpaired) electrons. The number of hydrogen-bond acceptors (Lipinski definition) is 2. The first kappa shape index (κ1) is 14.2. The van der Waals surface area contributed by atoms with Crippen LogP contribution in [0.15, 0.2) is 34.3 Å². The number of phenols is 1. The minimum Gasteiger partial charge on any atom is -0.507 e. The van der Waals surface area contributed by atoms with Crippen molar-refractivity contribution in [2.45, 2.75) is 39.2 Å². The van der Waals surface area contributed by atoms with E-state index < -0.39 is 0 Å². The number of fused-ring (bicyclic) bond motifs is 1. The molecule has 0 aliphatic carbocycles. The summed E-state index contributed by atoms with van der Waals surface area (Å²) in [5, 5.41) is 9.66. The van der Waals surface area contributed by atoms with Gasteiger partial charge < -0.3 is 9.84 Å². The van der Waals surface area contributed by atoms with Gasteiger partial charge in [0.15, 0.2) is 0 Å². The third kappa shape index (κ3) is 3.41. The lowest BCUT2D eigenvalue weighted by atomic mass is 9.94. The summed E-state index contributed by atoms with van der Waals surface area (Å²) >= 11 is 3.32. The summed E-state index contributed by atoms with van der Waals surface area (Å²) in [4.78, 5) is 0. The van der Waals surface area contributed by atoms with Crippen molar-refractivity contribution in [2.24, 2.45) is 0 Å². The van der Waals surface area contributed by atoms with Crippen LogP contribution >= 0.6 is 15.9 Å². The monoisotopic (exact) mass is 322 g/mol. The van der Waals surface area contributed by atoms with Crippen molar-refractivity contribution in [3.05, 3.63) is 39.9 Å². The quantitative estimate of drug-likeness (QED) is 0.787. The van der Waals surface area contributed by atoms with Gasteiger partial charge in [-0.2, -0.15) is 0 Å². The number of rotatable bonds is 3. The number of halogens is 1. The molecule has 0 saturated carbocycles. The topological polar surface area (TPSA) is 29.5 Å². The molecule has 1 N–H and O–H groups in total. The molecule has 0 spiro atoms. The van der Waals surface area contributed by atoms with Crippen molar-refractivity contribution in [1.82, 2.24) is 0 Å². The van der Waals surface area contributed by atoms with E-state index in [2.05, 4.69) is 48.9 Å². The summed E-state index contributed by atoms with van der Waals surface area (Å²) in [5.74, 6) is 1.05. The number of ether oxygens (including phenoxy) is 1. The van der Waals surface area contributed by atoms with Crippen LogP contribution in [0, 0.1) is 0 Å². The minimum absolute atomic E-state index is 0.236. The molecule has 0 fully saturated rings. The molecule has 2 rings (SSSR count). The molecule has 0 amide bonds. The first-order valence-corrected chi connectivity index (χ1v) is 7.23. The van der Waals surface area contributed by atoms with Gasteiger partial charge in [-0.3, -0.25) is 0 Å². The Morgan fingerprint density at radius 1 is 1.42 bits per heavy atom. The van der Waals surface area contributed by atoms with Crippen LogP contribution in [0.25, 0.3) is 6.08 Å². The van der Waals surface area contributed by atoms with Crippen LogP contribution in [0.5, 0.6) is 11.5 Å². The Balaban J connectivity index is 2.17. The number of phenolic OH excluding ortho intramolecular Hbond substituents is 1. The first-order valence-electron chi connectivity index (χ1n) is 6.44. The van der Waals surface area contributed by atoms with E-state index in [0.29, 0.717) is 4.47 Å². The fourth-order valence-electron chi connectivity index (χ4n) is 2.11. The molecule has 102 valence electrons. The molecule has 1 atom stereocenters. The highest BCUT2D eigenvalue weighted by Gasteiger charge is 2.27. The van der Waals surface area contributed by atoms with Gasteiger partial charge in [0.25, 0.3) is 0 Å². The normalized spacial score (nSPS) is 20.6. The second-order valence-corrected chi connectivity index (χ2v) is 6.26. The largest absolute Gasteiger partial charge is 0.507 e. The van der Waals surface area contributed by atoms with Crippen molar-refractivity contribution < 1.29 is 9.84 Å². The summed E-state index contributed by atoms with van der Waals surface area (Å²) in [6.07, 6.45) is 8.25. The van der Waals surface area contributed by atoms with Gasteiger partial charge in [-0.1, -0.05) is 17.7 Å². The summed E-state index contributed by atoms with van der Waals surface area (Å²) in [5.41, 5.74) is 1.96. The fourth-order valence-corrected chi connectivity index (χ4v) is 2.43. The van der Waals surface area contributed by atoms with E-state index >= 15 is 0 Å². The lowest BCUT2D eigenvalue weighted by Gasteiger charge is -2.31. The highest BCUT2D eigenvalue weighted by molar-refractivity contribution is 9.10. The van der Waals surface area contributed by atoms with Crippen LogP contribution < -0.4 is 4.74 Å². The number of benzene rings is 1. The highest BCUT2D eigenvalue weighted by Crippen LogP contribution is 2.39. The SMILES string of the molecule is CC(C)=CCCC1(C)C=Cc2cc(O)c(Br)cc2O1. The van der Waals surface area contributed by atoms with Crippen LogP contribution in [-0.4, -0.2) is 10.7 Å². The lowest BCUT2D eigenvalue weighted by molar-refractivity contribution is 0.128. The molecule has 0 bridgehead atoms. The average Bonchev–Trinajstić information content (AvgIpc) is 2.31. The van der Waals surface area contributed by atoms with Gasteiger partial charge in [0, 0.05) is 5.56 Å². The third-order valence-corrected chi connectivity index (χ3v) is 3.87. The fraction of sp³-hybridized carbons (Fsp3) is 0.375. The average molecular weight is 323 g/mol. The Bertz CT molecular complexity index is 542. The molecule has 1 unspecified atom stereocenters. The number of aromatic hydroxyl groups is 1. The van der Waals surface area contributed by atoms with E-state index in [1.807, 2.05) is 12.1 Å². The Hall–Kier alpha value is -1.22. The first-order chi connectivity index (χ1) is 8.89. The zero-order chi connectivity index (χ0) is 14.0. The van der Waals surface area contributed by atoms with Gasteiger partial charge in [0.05, 0.1) is 4.47 Å². The van der Waals surface area contributed by atoms with Crippen molar-refractivity contribution in [1.29, 1.82) is 0 Å². The molecule has 1 aliphatic rings. The zero-order valence-electron chi connectivity index (χ0n) is 11.5. The van der Waals surface area contributed by atoms with Crippen molar-refractivity contribution in [3.8, 4) is 11.5 Å². The van der Waals surface area contributed by atoms with E-state index in [4.69, 9.17) is 4.74 Å². The van der Waals surface area contributed by atoms with Crippen LogP contribution in [0.2, 0.25) is 0 Å². The van der Waals surface area contributed by atoms with Gasteiger partial charge in [0.2, 0.25) is 0 Å². The van der Waals surface area contributed by atoms with Gasteiger partial charge in [0.1, 0.15) is 17.1 Å². The van der Waals surface area contributed by atoms with Crippen molar-refractivity contribution >= 4 is 22.0 Å². The number of allylic oxidation sites excluding steroid dienone is 2. The molecule has 1 heterocycles. The summed E-state index contributed by atoms with van der Waals surface area (Å²) < 4.78 is 6.74. The van der Waals surface area contributed by atoms with Crippen molar-refractivity contribution in [2.75, 3.05) is 0 Å². The molecule has 1 aromatic rings. The lowest BCUT2D eigenvalue weighted by Crippen LogP contribution is -2.31. The molecule has 1 aliphatic heterocycles. The third-order valence-electron chi connectivity index (χ3n) is 3.23. The maximum absolute atomic E-state index is 9.66. The Morgan fingerprint density at radius 2 is 2.16 bits per heavy atom. The molecular formula is C16H19BrO2. The Morgan fingerprint density at radius 3 is 2.84 bits per heavy atom. The molecule has 19 heavy (non-hydrogen) atoms. The molecule has 3 heteroatoms. The zero-order valence-corrected chi connectivity index (χ0v) is 13.1. The van der Waals surface area contributed by atoms with E-state index in [-0.39, 0.29) is 11.4 Å². The Labute approximate surface area is 122 Å². The maximum Gasteiger partial charge on any atom is 0.130 e. The van der Waals surface area contributed by atoms with Gasteiger partial charge in [-0.15, -0.1) is 0 Å². The van der Waals surface area contributed by atoms with Crippen LogP contribution in [0.1, 0.15) is 39.2 Å². The highest BCUT2D eigenvalue weighted by atomic mass is 79.9. The molecular weight excluding hydrogens is 304 g/mol. The van der Waals surface area contributed by atoms with E-state index in [1.54, 1.807) is 6.07 Å². The van der Waals surface area contributed by atoms with Gasteiger partial charge in [-0.25, -0.2) is 0 Å². The van der Waals surface area contributed by atoms with E-state index in [1.165, 1.54) is 5.57 Å². The van der Waals surface area contributed by atoms with Crippen molar-refractivity contribution in [3.63, 3.8) is 0 Å². The summed E-state index contributed by atoms with van der Waals surface area (Å²) in [7, 11) is 0. The predicted octanol–water partition coefficient (Wildman–Crippen LogP) is 5.07.